The standard InChI is InChI=1S/C15H13BrN2S/c1-10-5-6-14-13(7-10)17-15(19)18(14)9-11-3-2-4-12(16)8-11/h2-8H,9H2,1H3,(H,17,19). The minimum Gasteiger partial charge on any atom is -0.331 e. The maximum Gasteiger partial charge on any atom is 0.178 e. The Morgan fingerprint density at radius 2 is 2.05 bits per heavy atom. The summed E-state index contributed by atoms with van der Waals surface area (Å²) in [6.45, 7) is 2.86. The van der Waals surface area contributed by atoms with Gasteiger partial charge in [-0.1, -0.05) is 34.1 Å². The third kappa shape index (κ3) is 2.51. The van der Waals surface area contributed by atoms with Crippen LogP contribution in [0.2, 0.25) is 0 Å². The summed E-state index contributed by atoms with van der Waals surface area (Å²) in [6.07, 6.45) is 0. The summed E-state index contributed by atoms with van der Waals surface area (Å²) in [4.78, 5) is 3.27. The Balaban J connectivity index is 2.10. The fourth-order valence-electron chi connectivity index (χ4n) is 2.25. The van der Waals surface area contributed by atoms with Crippen molar-refractivity contribution < 1.29 is 0 Å². The van der Waals surface area contributed by atoms with E-state index in [1.165, 1.54) is 11.1 Å². The summed E-state index contributed by atoms with van der Waals surface area (Å²) in [6, 6.07) is 14.7. The smallest absolute Gasteiger partial charge is 0.178 e. The third-order valence-electron chi connectivity index (χ3n) is 3.16. The van der Waals surface area contributed by atoms with Crippen molar-refractivity contribution in [2.75, 3.05) is 0 Å². The Morgan fingerprint density at radius 1 is 1.21 bits per heavy atom. The molecular formula is C15H13BrN2S. The van der Waals surface area contributed by atoms with Crippen LogP contribution in [-0.4, -0.2) is 9.55 Å². The van der Waals surface area contributed by atoms with Crippen molar-refractivity contribution >= 4 is 39.2 Å². The second-order valence-electron chi connectivity index (χ2n) is 4.67. The predicted molar refractivity (Wildman–Crippen MR) is 85.1 cm³/mol. The molecule has 4 heteroatoms. The van der Waals surface area contributed by atoms with Crippen molar-refractivity contribution in [3.05, 3.63) is 62.8 Å². The Kier molecular flexibility index (Phi) is 3.29. The number of rotatable bonds is 2. The monoisotopic (exact) mass is 332 g/mol. The van der Waals surface area contributed by atoms with Crippen molar-refractivity contribution in [2.45, 2.75) is 13.5 Å². The van der Waals surface area contributed by atoms with Crippen molar-refractivity contribution in [1.29, 1.82) is 0 Å². The lowest BCUT2D eigenvalue weighted by Crippen LogP contribution is -1.99. The van der Waals surface area contributed by atoms with Crippen LogP contribution in [0, 0.1) is 11.7 Å². The number of halogens is 1. The first-order valence-electron chi connectivity index (χ1n) is 6.07. The quantitative estimate of drug-likeness (QED) is 0.667. The Morgan fingerprint density at radius 3 is 2.84 bits per heavy atom. The highest BCUT2D eigenvalue weighted by molar-refractivity contribution is 9.10. The number of aromatic nitrogens is 2. The van der Waals surface area contributed by atoms with Gasteiger partial charge in [-0.15, -0.1) is 0 Å². The lowest BCUT2D eigenvalue weighted by molar-refractivity contribution is 0.810. The van der Waals surface area contributed by atoms with Gasteiger partial charge in [-0.25, -0.2) is 0 Å². The first-order valence-corrected chi connectivity index (χ1v) is 7.27. The van der Waals surface area contributed by atoms with Crippen LogP contribution < -0.4 is 0 Å². The molecule has 2 aromatic carbocycles. The normalized spacial score (nSPS) is 11.1. The zero-order valence-corrected chi connectivity index (χ0v) is 12.9. The summed E-state index contributed by atoms with van der Waals surface area (Å²) < 4.78 is 3.99. The zero-order valence-electron chi connectivity index (χ0n) is 10.5. The summed E-state index contributed by atoms with van der Waals surface area (Å²) >= 11 is 8.92. The molecule has 1 N–H and O–H groups in total. The number of aryl methyl sites for hydroxylation is 1. The van der Waals surface area contributed by atoms with E-state index in [-0.39, 0.29) is 0 Å². The van der Waals surface area contributed by atoms with Crippen LogP contribution in [0.4, 0.5) is 0 Å². The first-order chi connectivity index (χ1) is 9.13. The minimum atomic E-state index is 0.764. The molecule has 1 heterocycles. The molecular weight excluding hydrogens is 320 g/mol. The van der Waals surface area contributed by atoms with Gasteiger partial charge in [-0.3, -0.25) is 0 Å². The van der Waals surface area contributed by atoms with E-state index < -0.39 is 0 Å². The van der Waals surface area contributed by atoms with E-state index >= 15 is 0 Å². The number of imidazole rings is 1. The molecule has 96 valence electrons. The van der Waals surface area contributed by atoms with E-state index in [1.807, 2.05) is 12.1 Å². The van der Waals surface area contributed by atoms with E-state index in [0.717, 1.165) is 26.8 Å². The van der Waals surface area contributed by atoms with E-state index in [0.29, 0.717) is 0 Å². The fourth-order valence-corrected chi connectivity index (χ4v) is 2.97. The molecule has 0 spiro atoms. The highest BCUT2D eigenvalue weighted by atomic mass is 79.9. The Bertz CT molecular complexity index is 801. The van der Waals surface area contributed by atoms with Crippen molar-refractivity contribution in [3.8, 4) is 0 Å². The number of hydrogen-bond donors (Lipinski definition) is 1. The molecule has 3 rings (SSSR count). The summed E-state index contributed by atoms with van der Waals surface area (Å²) in [5.41, 5.74) is 4.71. The second-order valence-corrected chi connectivity index (χ2v) is 5.97. The van der Waals surface area contributed by atoms with Gasteiger partial charge in [0.2, 0.25) is 0 Å². The molecule has 1 aromatic heterocycles. The van der Waals surface area contributed by atoms with Gasteiger partial charge < -0.3 is 9.55 Å². The van der Waals surface area contributed by atoms with Gasteiger partial charge in [-0.2, -0.15) is 0 Å². The number of fused-ring (bicyclic) bond motifs is 1. The molecule has 0 fully saturated rings. The number of benzene rings is 2. The lowest BCUT2D eigenvalue weighted by atomic mass is 10.2. The van der Waals surface area contributed by atoms with Gasteiger partial charge >= 0.3 is 0 Å². The SMILES string of the molecule is Cc1ccc2c(c1)[nH]c(=S)n2Cc1cccc(Br)c1. The van der Waals surface area contributed by atoms with Crippen molar-refractivity contribution in [1.82, 2.24) is 9.55 Å². The van der Waals surface area contributed by atoms with E-state index in [4.69, 9.17) is 12.2 Å². The third-order valence-corrected chi connectivity index (χ3v) is 3.98. The highest BCUT2D eigenvalue weighted by Crippen LogP contribution is 2.19. The molecule has 2 nitrogen and oxygen atoms in total. The molecule has 0 saturated heterocycles. The molecule has 0 aliphatic carbocycles. The predicted octanol–water partition coefficient (Wildman–Crippen LogP) is 4.82. The Hall–Kier alpha value is -1.39. The van der Waals surface area contributed by atoms with Crippen LogP contribution in [-0.2, 0) is 6.54 Å². The second kappa shape index (κ2) is 4.94. The molecule has 0 radical (unpaired) electrons. The van der Waals surface area contributed by atoms with Gasteiger partial charge in [0.25, 0.3) is 0 Å². The molecule has 0 aliphatic heterocycles. The molecule has 0 atom stereocenters. The highest BCUT2D eigenvalue weighted by Gasteiger charge is 2.05. The van der Waals surface area contributed by atoms with Crippen LogP contribution in [0.5, 0.6) is 0 Å². The van der Waals surface area contributed by atoms with Gasteiger partial charge in [0.05, 0.1) is 17.6 Å². The lowest BCUT2D eigenvalue weighted by Gasteiger charge is -2.05. The number of hydrogen-bond acceptors (Lipinski definition) is 1. The van der Waals surface area contributed by atoms with Crippen LogP contribution in [0.1, 0.15) is 11.1 Å². The zero-order chi connectivity index (χ0) is 13.4. The molecule has 0 amide bonds. The molecule has 0 bridgehead atoms. The largest absolute Gasteiger partial charge is 0.331 e. The van der Waals surface area contributed by atoms with Gasteiger partial charge in [0, 0.05) is 4.47 Å². The molecule has 3 aromatic rings. The average molecular weight is 333 g/mol. The van der Waals surface area contributed by atoms with E-state index in [9.17, 15) is 0 Å². The van der Waals surface area contributed by atoms with Crippen molar-refractivity contribution in [3.63, 3.8) is 0 Å². The van der Waals surface area contributed by atoms with Gasteiger partial charge in [0.1, 0.15) is 0 Å². The van der Waals surface area contributed by atoms with Crippen molar-refractivity contribution in [2.24, 2.45) is 0 Å². The first kappa shape index (κ1) is 12.6. The average Bonchev–Trinajstić information content (AvgIpc) is 2.65. The van der Waals surface area contributed by atoms with Crippen LogP contribution in [0.3, 0.4) is 0 Å². The maximum absolute atomic E-state index is 5.42. The summed E-state index contributed by atoms with van der Waals surface area (Å²) in [5, 5.41) is 0. The summed E-state index contributed by atoms with van der Waals surface area (Å²) in [5.74, 6) is 0. The van der Waals surface area contributed by atoms with Crippen LogP contribution in [0.25, 0.3) is 11.0 Å². The van der Waals surface area contributed by atoms with Crippen LogP contribution >= 0.6 is 28.1 Å². The molecule has 0 unspecified atom stereocenters. The topological polar surface area (TPSA) is 20.7 Å². The Labute approximate surface area is 125 Å². The minimum absolute atomic E-state index is 0.764. The molecule has 0 aliphatic rings. The van der Waals surface area contributed by atoms with Gasteiger partial charge in [0.15, 0.2) is 4.77 Å². The van der Waals surface area contributed by atoms with E-state index in [2.05, 4.69) is 62.7 Å². The summed E-state index contributed by atoms with van der Waals surface area (Å²) in [7, 11) is 0. The fraction of sp³-hybridized carbons (Fsp3) is 0.133. The van der Waals surface area contributed by atoms with Crippen LogP contribution in [0.15, 0.2) is 46.9 Å². The molecule has 19 heavy (non-hydrogen) atoms. The maximum atomic E-state index is 5.42. The molecule has 0 saturated carbocycles. The number of nitrogens with zero attached hydrogens (tertiary/aromatic N) is 1. The number of nitrogens with one attached hydrogen (secondary N) is 1. The van der Waals surface area contributed by atoms with Gasteiger partial charge in [-0.05, 0) is 54.5 Å². The number of H-pyrrole nitrogens is 1. The number of aromatic amines is 1. The van der Waals surface area contributed by atoms with E-state index in [1.54, 1.807) is 0 Å².